The molecule has 0 atom stereocenters. The van der Waals surface area contributed by atoms with Gasteiger partial charge in [0.25, 0.3) is 0 Å². The number of aliphatic imine (C=N–C) groups is 1. The van der Waals surface area contributed by atoms with Gasteiger partial charge in [-0.15, -0.1) is 0 Å². The van der Waals surface area contributed by atoms with Crippen molar-refractivity contribution in [1.29, 1.82) is 0 Å². The standard InChI is InChI=1S/C7H12N4/c1-10-4-2-6(8)11-5-3-9-7(10)11/h2H,3-5,8H2,1H3. The summed E-state index contributed by atoms with van der Waals surface area (Å²) in [4.78, 5) is 8.48. The van der Waals surface area contributed by atoms with Crippen molar-refractivity contribution in [2.45, 2.75) is 0 Å². The lowest BCUT2D eigenvalue weighted by Crippen LogP contribution is -2.45. The molecule has 0 saturated heterocycles. The van der Waals surface area contributed by atoms with E-state index in [0.29, 0.717) is 0 Å². The molecule has 0 aromatic rings. The van der Waals surface area contributed by atoms with Crippen LogP contribution >= 0.6 is 0 Å². The highest BCUT2D eigenvalue weighted by molar-refractivity contribution is 5.84. The molecule has 2 heterocycles. The molecule has 2 N–H and O–H groups in total. The van der Waals surface area contributed by atoms with Crippen LogP contribution in [0.3, 0.4) is 0 Å². The van der Waals surface area contributed by atoms with Gasteiger partial charge in [-0.05, 0) is 6.08 Å². The van der Waals surface area contributed by atoms with E-state index in [-0.39, 0.29) is 0 Å². The highest BCUT2D eigenvalue weighted by Crippen LogP contribution is 2.13. The second kappa shape index (κ2) is 2.15. The first kappa shape index (κ1) is 6.52. The first-order valence-corrected chi connectivity index (χ1v) is 3.78. The highest BCUT2D eigenvalue weighted by atomic mass is 15.4. The lowest BCUT2D eigenvalue weighted by Gasteiger charge is -2.31. The zero-order chi connectivity index (χ0) is 7.84. The number of nitrogens with zero attached hydrogens (tertiary/aromatic N) is 3. The molecule has 0 aromatic heterocycles. The monoisotopic (exact) mass is 152 g/mol. The minimum absolute atomic E-state index is 0.847. The predicted octanol–water partition coefficient (Wildman–Crippen LogP) is -0.596. The van der Waals surface area contributed by atoms with Gasteiger partial charge in [-0.2, -0.15) is 0 Å². The van der Waals surface area contributed by atoms with Crippen molar-refractivity contribution in [3.63, 3.8) is 0 Å². The molecule has 0 unspecified atom stereocenters. The normalized spacial score (nSPS) is 23.0. The molecule has 2 aliphatic rings. The highest BCUT2D eigenvalue weighted by Gasteiger charge is 2.24. The molecule has 0 radical (unpaired) electrons. The molecule has 4 nitrogen and oxygen atoms in total. The Labute approximate surface area is 66.0 Å². The van der Waals surface area contributed by atoms with E-state index in [1.54, 1.807) is 0 Å². The van der Waals surface area contributed by atoms with Gasteiger partial charge in [-0.25, -0.2) is 0 Å². The molecule has 0 amide bonds. The van der Waals surface area contributed by atoms with Crippen LogP contribution in [0.1, 0.15) is 0 Å². The van der Waals surface area contributed by atoms with Crippen molar-refractivity contribution in [2.24, 2.45) is 10.7 Å². The van der Waals surface area contributed by atoms with Crippen LogP contribution in [-0.4, -0.2) is 42.4 Å². The molecule has 0 saturated carbocycles. The van der Waals surface area contributed by atoms with Gasteiger partial charge in [-0.3, -0.25) is 9.89 Å². The minimum Gasteiger partial charge on any atom is -0.385 e. The Balaban J connectivity index is 2.31. The van der Waals surface area contributed by atoms with Crippen LogP contribution in [0.25, 0.3) is 0 Å². The molecule has 4 heteroatoms. The van der Waals surface area contributed by atoms with E-state index in [9.17, 15) is 0 Å². The first-order valence-electron chi connectivity index (χ1n) is 3.78. The van der Waals surface area contributed by atoms with Gasteiger partial charge in [0.05, 0.1) is 6.54 Å². The molecule has 0 spiro atoms. The van der Waals surface area contributed by atoms with E-state index in [1.807, 2.05) is 18.0 Å². The van der Waals surface area contributed by atoms with Gasteiger partial charge in [0.1, 0.15) is 5.82 Å². The second-order valence-electron chi connectivity index (χ2n) is 2.84. The molecule has 60 valence electrons. The summed E-state index contributed by atoms with van der Waals surface area (Å²) in [6.45, 7) is 2.68. The van der Waals surface area contributed by atoms with Gasteiger partial charge in [-0.1, -0.05) is 0 Å². The predicted molar refractivity (Wildman–Crippen MR) is 43.9 cm³/mol. The molecule has 11 heavy (non-hydrogen) atoms. The SMILES string of the molecule is CN1CC=C(N)N2CCN=C12. The Bertz CT molecular complexity index is 231. The Morgan fingerprint density at radius 1 is 1.64 bits per heavy atom. The zero-order valence-corrected chi connectivity index (χ0v) is 6.62. The van der Waals surface area contributed by atoms with Crippen LogP contribution in [0.5, 0.6) is 0 Å². The van der Waals surface area contributed by atoms with E-state index in [1.165, 1.54) is 0 Å². The molecule has 0 aromatic carbocycles. The number of fused-ring (bicyclic) bond motifs is 1. The van der Waals surface area contributed by atoms with Crippen molar-refractivity contribution in [2.75, 3.05) is 26.7 Å². The second-order valence-corrected chi connectivity index (χ2v) is 2.84. The number of likely N-dealkylation sites (N-methyl/N-ethyl adjacent to an activating group) is 1. The fourth-order valence-corrected chi connectivity index (χ4v) is 1.43. The Kier molecular flexibility index (Phi) is 1.27. The van der Waals surface area contributed by atoms with Crippen molar-refractivity contribution < 1.29 is 0 Å². The van der Waals surface area contributed by atoms with E-state index in [0.717, 1.165) is 31.4 Å². The van der Waals surface area contributed by atoms with E-state index in [2.05, 4.69) is 9.89 Å². The number of guanidine groups is 1. The van der Waals surface area contributed by atoms with Crippen molar-refractivity contribution in [3.8, 4) is 0 Å². The molecular formula is C7H12N4. The van der Waals surface area contributed by atoms with Crippen LogP contribution in [0, 0.1) is 0 Å². The van der Waals surface area contributed by atoms with Crippen LogP contribution < -0.4 is 5.73 Å². The zero-order valence-electron chi connectivity index (χ0n) is 6.62. The number of hydrogen-bond donors (Lipinski definition) is 1. The molecule has 2 aliphatic heterocycles. The quantitative estimate of drug-likeness (QED) is 0.504. The average molecular weight is 152 g/mol. The third-order valence-electron chi connectivity index (χ3n) is 2.05. The van der Waals surface area contributed by atoms with Crippen LogP contribution in [0.4, 0.5) is 0 Å². The maximum absolute atomic E-state index is 5.76. The summed E-state index contributed by atoms with van der Waals surface area (Å²) in [5.41, 5.74) is 5.76. The van der Waals surface area contributed by atoms with Crippen LogP contribution in [-0.2, 0) is 0 Å². The fraction of sp³-hybridized carbons (Fsp3) is 0.571. The summed E-state index contributed by atoms with van der Waals surface area (Å²) in [5.74, 6) is 1.87. The first-order chi connectivity index (χ1) is 5.29. The van der Waals surface area contributed by atoms with Crippen LogP contribution in [0.2, 0.25) is 0 Å². The molecule has 0 fully saturated rings. The summed E-state index contributed by atoms with van der Waals surface area (Å²) in [7, 11) is 2.03. The Morgan fingerprint density at radius 3 is 3.18 bits per heavy atom. The summed E-state index contributed by atoms with van der Waals surface area (Å²) in [5, 5.41) is 0. The number of rotatable bonds is 0. The van der Waals surface area contributed by atoms with Gasteiger partial charge < -0.3 is 10.6 Å². The summed E-state index contributed by atoms with van der Waals surface area (Å²) < 4.78 is 0. The summed E-state index contributed by atoms with van der Waals surface area (Å²) >= 11 is 0. The van der Waals surface area contributed by atoms with E-state index >= 15 is 0 Å². The van der Waals surface area contributed by atoms with Gasteiger partial charge in [0.15, 0.2) is 0 Å². The molecular weight excluding hydrogens is 140 g/mol. The van der Waals surface area contributed by atoms with Crippen molar-refractivity contribution in [1.82, 2.24) is 9.80 Å². The van der Waals surface area contributed by atoms with Crippen molar-refractivity contribution in [3.05, 3.63) is 11.9 Å². The van der Waals surface area contributed by atoms with Gasteiger partial charge in [0.2, 0.25) is 5.96 Å². The van der Waals surface area contributed by atoms with Crippen LogP contribution in [0.15, 0.2) is 16.9 Å². The molecule has 2 rings (SSSR count). The Hall–Kier alpha value is -1.19. The van der Waals surface area contributed by atoms with Gasteiger partial charge in [0, 0.05) is 20.1 Å². The third-order valence-corrected chi connectivity index (χ3v) is 2.05. The third kappa shape index (κ3) is 0.859. The fourth-order valence-electron chi connectivity index (χ4n) is 1.43. The topological polar surface area (TPSA) is 44.9 Å². The lowest BCUT2D eigenvalue weighted by atomic mass is 10.4. The molecule has 0 aliphatic carbocycles. The Morgan fingerprint density at radius 2 is 2.45 bits per heavy atom. The van der Waals surface area contributed by atoms with Crippen molar-refractivity contribution >= 4 is 5.96 Å². The lowest BCUT2D eigenvalue weighted by molar-refractivity contribution is 0.416. The average Bonchev–Trinajstić information content (AvgIpc) is 2.45. The summed E-state index contributed by atoms with van der Waals surface area (Å²) in [6.07, 6.45) is 2.02. The number of hydrogen-bond acceptors (Lipinski definition) is 4. The maximum Gasteiger partial charge on any atom is 0.202 e. The summed E-state index contributed by atoms with van der Waals surface area (Å²) in [6, 6.07) is 0. The largest absolute Gasteiger partial charge is 0.385 e. The smallest absolute Gasteiger partial charge is 0.202 e. The molecule has 0 bridgehead atoms. The number of nitrogens with two attached hydrogens (primary N) is 1. The van der Waals surface area contributed by atoms with E-state index < -0.39 is 0 Å². The van der Waals surface area contributed by atoms with Gasteiger partial charge >= 0.3 is 0 Å². The minimum atomic E-state index is 0.847. The van der Waals surface area contributed by atoms with E-state index in [4.69, 9.17) is 5.73 Å². The maximum atomic E-state index is 5.76.